The fourth-order valence-electron chi connectivity index (χ4n) is 5.90. The van der Waals surface area contributed by atoms with Crippen molar-refractivity contribution in [1.82, 2.24) is 31.9 Å². The molecule has 0 aliphatic carbocycles. The van der Waals surface area contributed by atoms with Gasteiger partial charge in [0.25, 0.3) is 0 Å². The number of aliphatic carboxylic acids is 3. The van der Waals surface area contributed by atoms with Crippen molar-refractivity contribution in [3.63, 3.8) is 0 Å². The summed E-state index contributed by atoms with van der Waals surface area (Å²) in [7, 11) is 0. The normalized spacial score (nSPS) is 14.5. The lowest BCUT2D eigenvalue weighted by Crippen LogP contribution is -2.62. The molecule has 0 saturated carbocycles. The fraction of sp³-hybridized carbons (Fsp3) is 0.600. The van der Waals surface area contributed by atoms with Crippen molar-refractivity contribution in [3.8, 4) is 0 Å². The van der Waals surface area contributed by atoms with Crippen LogP contribution in [0, 0.1) is 18.3 Å². The van der Waals surface area contributed by atoms with E-state index < -0.39 is 139 Å². The first-order chi connectivity index (χ1) is 28.1. The molecule has 340 valence electrons. The van der Waals surface area contributed by atoms with Crippen LogP contribution in [0.25, 0.3) is 0 Å². The Bertz CT molecular complexity index is 1760. The van der Waals surface area contributed by atoms with E-state index in [9.17, 15) is 66.9 Å². The van der Waals surface area contributed by atoms with Crippen molar-refractivity contribution in [2.45, 2.75) is 142 Å². The zero-order valence-corrected chi connectivity index (χ0v) is 35.3. The quantitative estimate of drug-likeness (QED) is 0.0588. The van der Waals surface area contributed by atoms with Gasteiger partial charge in [0.05, 0.1) is 18.9 Å². The van der Waals surface area contributed by atoms with E-state index >= 15 is 0 Å². The lowest BCUT2D eigenvalue weighted by molar-refractivity contribution is -0.142. The summed E-state index contributed by atoms with van der Waals surface area (Å²) in [4.78, 5) is 126. The number of nitrogens with one attached hydrogen (secondary N) is 6. The topological polar surface area (TPSA) is 304 Å². The summed E-state index contributed by atoms with van der Waals surface area (Å²) in [5.74, 6) is -13.9. The highest BCUT2D eigenvalue weighted by Crippen LogP contribution is 2.22. The Morgan fingerprint density at radius 2 is 1.18 bits per heavy atom. The third-order valence-corrected chi connectivity index (χ3v) is 9.02. The maximum Gasteiger partial charge on any atom is 0.305 e. The number of hydrogen-bond acceptors (Lipinski definition) is 10. The van der Waals surface area contributed by atoms with Crippen molar-refractivity contribution in [2.24, 2.45) is 11.3 Å². The van der Waals surface area contributed by atoms with Gasteiger partial charge in [-0.3, -0.25) is 43.2 Å². The molecule has 0 unspecified atom stereocenters. The second-order valence-corrected chi connectivity index (χ2v) is 16.3. The van der Waals surface area contributed by atoms with Gasteiger partial charge in [-0.25, -0.2) is 8.78 Å². The number of carboxylic acids is 3. The third-order valence-electron chi connectivity index (χ3n) is 9.02. The summed E-state index contributed by atoms with van der Waals surface area (Å²) in [6, 6.07) is -2.68. The number of amides is 6. The van der Waals surface area contributed by atoms with Gasteiger partial charge in [-0.2, -0.15) is 0 Å². The fourth-order valence-corrected chi connectivity index (χ4v) is 5.90. The summed E-state index contributed by atoms with van der Waals surface area (Å²) >= 11 is 0. The first kappa shape index (κ1) is 53.0. The number of alkyl halides is 2. The van der Waals surface area contributed by atoms with E-state index in [0.717, 1.165) is 0 Å². The molecule has 1 aromatic rings. The van der Waals surface area contributed by atoms with Gasteiger partial charge in [0, 0.05) is 25.7 Å². The first-order valence-corrected chi connectivity index (χ1v) is 19.5. The lowest BCUT2D eigenvalue weighted by Gasteiger charge is -2.34. The molecule has 0 aliphatic rings. The molecular weight excluding hydrogens is 810 g/mol. The summed E-state index contributed by atoms with van der Waals surface area (Å²) in [5, 5.41) is 41.8. The Morgan fingerprint density at radius 3 is 1.69 bits per heavy atom. The lowest BCUT2D eigenvalue weighted by atomic mass is 9.85. The highest BCUT2D eigenvalue weighted by Gasteiger charge is 2.39. The molecule has 61 heavy (non-hydrogen) atoms. The highest BCUT2D eigenvalue weighted by atomic mass is 19.3. The number of rotatable bonds is 26. The zero-order valence-electron chi connectivity index (χ0n) is 35.3. The molecule has 0 aromatic heterocycles. The van der Waals surface area contributed by atoms with Crippen LogP contribution in [0.5, 0.6) is 0 Å². The van der Waals surface area contributed by atoms with Crippen molar-refractivity contribution < 1.29 is 72.0 Å². The van der Waals surface area contributed by atoms with E-state index in [1.165, 1.54) is 0 Å². The molecule has 1 rings (SSSR count). The Balaban J connectivity index is 3.56. The van der Waals surface area contributed by atoms with Crippen LogP contribution in [0.3, 0.4) is 0 Å². The minimum atomic E-state index is -3.30. The average Bonchev–Trinajstić information content (AvgIpc) is 3.12. The molecule has 6 atom stereocenters. The SMILES string of the molecule is Cc1ccccc1C[C@H](NC(=O)[C@H](CCC(=O)O)NC(=O)[C@H](CC(=O)O)NC(=O)CCC(=O)O)C(=O)N[C@H](C(=O)N[C@@H](CC(C)C)C(=O)N[C@H](C=O)CC(C)(F)F)C(C)(C)C. The van der Waals surface area contributed by atoms with Gasteiger partial charge >= 0.3 is 17.9 Å². The standard InChI is InChI=1S/C40H58F2N6O13/c1-21(2)16-26(35(58)43-24(20-49)19-40(7,41)42)47-38(61)33(39(4,5)6)48-37(60)27(17-23-11-9-8-10-22(23)3)46-34(57)25(12-14-30(51)52)45-36(59)28(18-32(55)56)44-29(50)13-15-31(53)54/h8-11,20-21,24-28,33H,12-19H2,1-7H3,(H,43,58)(H,44,50)(H,45,59)(H,46,57)(H,47,61)(H,48,60)(H,51,52)(H,53,54)(H,55,56)/t24-,25-,26-,27-,28-,33+/m0/s1. The number of benzene rings is 1. The molecule has 1 aromatic carbocycles. The van der Waals surface area contributed by atoms with E-state index in [4.69, 9.17) is 5.11 Å². The van der Waals surface area contributed by atoms with Crippen LogP contribution in [-0.4, -0.2) is 117 Å². The predicted octanol–water partition coefficient (Wildman–Crippen LogP) is 0.987. The monoisotopic (exact) mass is 868 g/mol. The van der Waals surface area contributed by atoms with Crippen molar-refractivity contribution in [2.75, 3.05) is 0 Å². The number of halogens is 2. The molecule has 0 heterocycles. The second kappa shape index (κ2) is 24.3. The molecular formula is C40H58F2N6O13. The van der Waals surface area contributed by atoms with Crippen LogP contribution in [-0.2, 0) is 54.4 Å². The molecule has 19 nitrogen and oxygen atoms in total. The average molecular weight is 869 g/mol. The van der Waals surface area contributed by atoms with Gasteiger partial charge in [-0.15, -0.1) is 0 Å². The van der Waals surface area contributed by atoms with Crippen LogP contribution in [0.2, 0.25) is 0 Å². The summed E-state index contributed by atoms with van der Waals surface area (Å²) in [5.41, 5.74) is 0.146. The minimum absolute atomic E-state index is 0.00519. The maximum absolute atomic E-state index is 14.2. The Kier molecular flexibility index (Phi) is 21.1. The van der Waals surface area contributed by atoms with Crippen LogP contribution in [0.4, 0.5) is 8.78 Å². The second-order valence-electron chi connectivity index (χ2n) is 16.3. The third kappa shape index (κ3) is 20.7. The Hall–Kier alpha value is -6.02. The van der Waals surface area contributed by atoms with Crippen molar-refractivity contribution >= 4 is 59.6 Å². The summed E-state index contributed by atoms with van der Waals surface area (Å²) < 4.78 is 27.4. The van der Waals surface area contributed by atoms with Gasteiger partial charge in [-0.05, 0) is 49.1 Å². The van der Waals surface area contributed by atoms with E-state index in [0.29, 0.717) is 18.1 Å². The molecule has 0 saturated heterocycles. The summed E-state index contributed by atoms with van der Waals surface area (Å²) in [6.45, 7) is 10.5. The maximum atomic E-state index is 14.2. The van der Waals surface area contributed by atoms with Gasteiger partial charge in [0.1, 0.15) is 36.5 Å². The van der Waals surface area contributed by atoms with Crippen LogP contribution >= 0.6 is 0 Å². The number of hydrogen-bond donors (Lipinski definition) is 9. The van der Waals surface area contributed by atoms with Crippen LogP contribution < -0.4 is 31.9 Å². The van der Waals surface area contributed by atoms with Crippen molar-refractivity contribution in [1.29, 1.82) is 0 Å². The Morgan fingerprint density at radius 1 is 0.656 bits per heavy atom. The number of carbonyl (C=O) groups excluding carboxylic acids is 7. The van der Waals surface area contributed by atoms with E-state index in [1.807, 2.05) is 0 Å². The zero-order chi connectivity index (χ0) is 46.8. The minimum Gasteiger partial charge on any atom is -0.481 e. The predicted molar refractivity (Wildman–Crippen MR) is 213 cm³/mol. The number of carboxylic acid groups (broad SMARTS) is 3. The molecule has 21 heteroatoms. The van der Waals surface area contributed by atoms with E-state index in [2.05, 4.69) is 31.9 Å². The highest BCUT2D eigenvalue weighted by molar-refractivity contribution is 5.97. The molecule has 9 N–H and O–H groups in total. The van der Waals surface area contributed by atoms with Gasteiger partial charge in [-0.1, -0.05) is 58.9 Å². The number of aldehydes is 1. The molecule has 0 aliphatic heterocycles. The number of carbonyl (C=O) groups is 10. The van der Waals surface area contributed by atoms with Gasteiger partial charge < -0.3 is 52.0 Å². The van der Waals surface area contributed by atoms with Gasteiger partial charge in [0.15, 0.2) is 0 Å². The van der Waals surface area contributed by atoms with Crippen LogP contribution in [0.15, 0.2) is 24.3 Å². The van der Waals surface area contributed by atoms with E-state index in [-0.39, 0.29) is 25.0 Å². The molecule has 0 spiro atoms. The van der Waals surface area contributed by atoms with E-state index in [1.54, 1.807) is 65.8 Å². The molecule has 6 amide bonds. The van der Waals surface area contributed by atoms with Gasteiger partial charge in [0.2, 0.25) is 41.4 Å². The molecule has 0 radical (unpaired) electrons. The molecule has 0 fully saturated rings. The molecule has 0 bridgehead atoms. The largest absolute Gasteiger partial charge is 0.481 e. The summed E-state index contributed by atoms with van der Waals surface area (Å²) in [6.07, 6.45) is -4.58. The first-order valence-electron chi connectivity index (χ1n) is 19.5. The smallest absolute Gasteiger partial charge is 0.305 e. The van der Waals surface area contributed by atoms with Crippen LogP contribution in [0.1, 0.15) is 97.6 Å². The van der Waals surface area contributed by atoms with Crippen molar-refractivity contribution in [3.05, 3.63) is 35.4 Å². The number of aryl methyl sites for hydroxylation is 1. The Labute approximate surface area is 351 Å².